The minimum Gasteiger partial charge on any atom is -0.466 e. The highest BCUT2D eigenvalue weighted by atomic mass is 16.5. The largest absolute Gasteiger partial charge is 0.466 e. The molecule has 0 amide bonds. The SMILES string of the molecule is CCOC(=O)CC(O)C(O)c1ccc2c(c1)[nH]c1ccccc12. The normalized spacial score (nSPS) is 14.0. The van der Waals surface area contributed by atoms with Crippen molar-refractivity contribution in [2.24, 2.45) is 0 Å². The van der Waals surface area contributed by atoms with Crippen LogP contribution in [0.5, 0.6) is 0 Å². The lowest BCUT2D eigenvalue weighted by molar-refractivity contribution is -0.147. The number of aromatic nitrogens is 1. The van der Waals surface area contributed by atoms with E-state index in [0.29, 0.717) is 5.56 Å². The molecule has 1 heterocycles. The van der Waals surface area contributed by atoms with Crippen molar-refractivity contribution >= 4 is 27.8 Å². The average Bonchev–Trinajstić information content (AvgIpc) is 2.91. The van der Waals surface area contributed by atoms with Gasteiger partial charge in [0.2, 0.25) is 0 Å². The van der Waals surface area contributed by atoms with Gasteiger partial charge >= 0.3 is 5.97 Å². The zero-order valence-electron chi connectivity index (χ0n) is 12.8. The van der Waals surface area contributed by atoms with Gasteiger partial charge in [-0.1, -0.05) is 30.3 Å². The molecule has 120 valence electrons. The summed E-state index contributed by atoms with van der Waals surface area (Å²) >= 11 is 0. The Labute approximate surface area is 133 Å². The molecule has 0 aliphatic rings. The Kier molecular flexibility index (Phi) is 4.32. The second-order valence-corrected chi connectivity index (χ2v) is 5.50. The second-order valence-electron chi connectivity index (χ2n) is 5.50. The first kappa shape index (κ1) is 15.5. The van der Waals surface area contributed by atoms with E-state index in [-0.39, 0.29) is 13.0 Å². The number of aliphatic hydroxyl groups excluding tert-OH is 2. The number of carbonyl (C=O) groups excluding carboxylic acids is 1. The van der Waals surface area contributed by atoms with E-state index in [2.05, 4.69) is 4.98 Å². The maximum absolute atomic E-state index is 11.4. The highest BCUT2D eigenvalue weighted by Crippen LogP contribution is 2.29. The van der Waals surface area contributed by atoms with Crippen LogP contribution in [0.1, 0.15) is 25.0 Å². The molecule has 3 aromatic rings. The minimum absolute atomic E-state index is 0.236. The number of para-hydroxylation sites is 1. The van der Waals surface area contributed by atoms with Gasteiger partial charge < -0.3 is 19.9 Å². The van der Waals surface area contributed by atoms with E-state index in [1.807, 2.05) is 30.3 Å². The quantitative estimate of drug-likeness (QED) is 0.632. The number of benzene rings is 2. The zero-order chi connectivity index (χ0) is 16.4. The van der Waals surface area contributed by atoms with Gasteiger partial charge in [0.25, 0.3) is 0 Å². The highest BCUT2D eigenvalue weighted by molar-refractivity contribution is 6.07. The molecule has 1 aromatic heterocycles. The number of rotatable bonds is 5. The zero-order valence-corrected chi connectivity index (χ0v) is 12.8. The predicted molar refractivity (Wildman–Crippen MR) is 88.0 cm³/mol. The monoisotopic (exact) mass is 313 g/mol. The summed E-state index contributed by atoms with van der Waals surface area (Å²) < 4.78 is 4.79. The van der Waals surface area contributed by atoms with Crippen LogP contribution in [0.25, 0.3) is 21.8 Å². The number of carbonyl (C=O) groups is 1. The lowest BCUT2D eigenvalue weighted by Gasteiger charge is -2.17. The second kappa shape index (κ2) is 6.40. The minimum atomic E-state index is -1.20. The molecule has 5 heteroatoms. The summed E-state index contributed by atoms with van der Waals surface area (Å²) in [5, 5.41) is 22.4. The molecule has 0 saturated heterocycles. The molecule has 0 saturated carbocycles. The smallest absolute Gasteiger partial charge is 0.308 e. The molecule has 3 N–H and O–H groups in total. The molecular formula is C18H19NO4. The van der Waals surface area contributed by atoms with E-state index in [0.717, 1.165) is 21.8 Å². The Bertz CT molecular complexity index is 839. The number of hydrogen-bond donors (Lipinski definition) is 3. The Morgan fingerprint density at radius 2 is 1.87 bits per heavy atom. The molecule has 0 fully saturated rings. The number of nitrogens with one attached hydrogen (secondary N) is 1. The van der Waals surface area contributed by atoms with E-state index in [9.17, 15) is 15.0 Å². The fourth-order valence-corrected chi connectivity index (χ4v) is 2.78. The van der Waals surface area contributed by atoms with Crippen molar-refractivity contribution in [1.82, 2.24) is 4.98 Å². The number of H-pyrrole nitrogens is 1. The van der Waals surface area contributed by atoms with Crippen LogP contribution >= 0.6 is 0 Å². The molecule has 3 rings (SSSR count). The maximum atomic E-state index is 11.4. The van der Waals surface area contributed by atoms with Crippen LogP contribution in [0.2, 0.25) is 0 Å². The van der Waals surface area contributed by atoms with Crippen LogP contribution < -0.4 is 0 Å². The van der Waals surface area contributed by atoms with E-state index in [1.165, 1.54) is 0 Å². The Balaban J connectivity index is 1.87. The van der Waals surface area contributed by atoms with Crippen LogP contribution in [0, 0.1) is 0 Å². The molecule has 5 nitrogen and oxygen atoms in total. The summed E-state index contributed by atoms with van der Waals surface area (Å²) in [6, 6.07) is 13.4. The number of aromatic amines is 1. The molecule has 2 unspecified atom stereocenters. The van der Waals surface area contributed by atoms with E-state index >= 15 is 0 Å². The van der Waals surface area contributed by atoms with E-state index in [1.54, 1.807) is 19.1 Å². The molecule has 23 heavy (non-hydrogen) atoms. The highest BCUT2D eigenvalue weighted by Gasteiger charge is 2.22. The van der Waals surface area contributed by atoms with Crippen molar-refractivity contribution in [3.8, 4) is 0 Å². The van der Waals surface area contributed by atoms with Crippen molar-refractivity contribution in [3.05, 3.63) is 48.0 Å². The van der Waals surface area contributed by atoms with Crippen molar-refractivity contribution in [3.63, 3.8) is 0 Å². The third-order valence-electron chi connectivity index (χ3n) is 3.92. The van der Waals surface area contributed by atoms with E-state index in [4.69, 9.17) is 4.74 Å². The number of ether oxygens (including phenoxy) is 1. The summed E-state index contributed by atoms with van der Waals surface area (Å²) in [6.07, 6.45) is -2.58. The molecular weight excluding hydrogens is 294 g/mol. The predicted octanol–water partition coefficient (Wildman–Crippen LogP) is 2.67. The summed E-state index contributed by atoms with van der Waals surface area (Å²) in [4.78, 5) is 14.7. The lowest BCUT2D eigenvalue weighted by atomic mass is 10.0. The average molecular weight is 313 g/mol. The number of fused-ring (bicyclic) bond motifs is 3. The third kappa shape index (κ3) is 3.06. The van der Waals surface area contributed by atoms with Gasteiger partial charge in [-0.05, 0) is 24.6 Å². The molecule has 0 aliphatic carbocycles. The molecule has 0 radical (unpaired) electrons. The van der Waals surface area contributed by atoms with Gasteiger partial charge in [0.15, 0.2) is 0 Å². The van der Waals surface area contributed by atoms with Crippen LogP contribution in [0.15, 0.2) is 42.5 Å². The summed E-state index contributed by atoms with van der Waals surface area (Å²) in [5.74, 6) is -0.522. The summed E-state index contributed by atoms with van der Waals surface area (Å²) in [5.41, 5.74) is 2.45. The number of aliphatic hydroxyl groups is 2. The van der Waals surface area contributed by atoms with Gasteiger partial charge in [0.1, 0.15) is 6.10 Å². The van der Waals surface area contributed by atoms with Gasteiger partial charge in [0, 0.05) is 21.8 Å². The van der Waals surface area contributed by atoms with Crippen molar-refractivity contribution in [2.75, 3.05) is 6.61 Å². The van der Waals surface area contributed by atoms with Crippen molar-refractivity contribution in [2.45, 2.75) is 25.6 Å². The topological polar surface area (TPSA) is 82.6 Å². The van der Waals surface area contributed by atoms with E-state index < -0.39 is 18.2 Å². The van der Waals surface area contributed by atoms with Crippen molar-refractivity contribution < 1.29 is 19.7 Å². The molecule has 0 bridgehead atoms. The first-order valence-electron chi connectivity index (χ1n) is 7.62. The Hall–Kier alpha value is -2.37. The molecule has 2 aromatic carbocycles. The first-order chi connectivity index (χ1) is 11.1. The van der Waals surface area contributed by atoms with Gasteiger partial charge in [-0.3, -0.25) is 4.79 Å². The lowest BCUT2D eigenvalue weighted by Crippen LogP contribution is -2.23. The van der Waals surface area contributed by atoms with Gasteiger partial charge in [-0.2, -0.15) is 0 Å². The number of hydrogen-bond acceptors (Lipinski definition) is 4. The van der Waals surface area contributed by atoms with Crippen LogP contribution in [0.4, 0.5) is 0 Å². The first-order valence-corrected chi connectivity index (χ1v) is 7.62. The fraction of sp³-hybridized carbons (Fsp3) is 0.278. The Morgan fingerprint density at radius 1 is 1.13 bits per heavy atom. The van der Waals surface area contributed by atoms with Gasteiger partial charge in [-0.15, -0.1) is 0 Å². The van der Waals surface area contributed by atoms with Crippen LogP contribution in [-0.2, 0) is 9.53 Å². The summed E-state index contributed by atoms with van der Waals surface area (Å²) in [6.45, 7) is 1.95. The fourth-order valence-electron chi connectivity index (χ4n) is 2.78. The van der Waals surface area contributed by atoms with Gasteiger partial charge in [0.05, 0.1) is 19.1 Å². The molecule has 0 spiro atoms. The standard InChI is InChI=1S/C18H19NO4/c1-2-23-17(21)10-16(20)18(22)11-7-8-13-12-5-3-4-6-14(12)19-15(13)9-11/h3-9,16,18-20,22H,2,10H2,1H3. The summed E-state index contributed by atoms with van der Waals surface area (Å²) in [7, 11) is 0. The van der Waals surface area contributed by atoms with Crippen LogP contribution in [-0.4, -0.2) is 33.9 Å². The molecule has 2 atom stereocenters. The van der Waals surface area contributed by atoms with Gasteiger partial charge in [-0.25, -0.2) is 0 Å². The van der Waals surface area contributed by atoms with Crippen molar-refractivity contribution in [1.29, 1.82) is 0 Å². The Morgan fingerprint density at radius 3 is 2.65 bits per heavy atom. The van der Waals surface area contributed by atoms with Crippen LogP contribution in [0.3, 0.4) is 0 Å². The third-order valence-corrected chi connectivity index (χ3v) is 3.92. The number of esters is 1. The molecule has 0 aliphatic heterocycles. The maximum Gasteiger partial charge on any atom is 0.308 e.